The summed E-state index contributed by atoms with van der Waals surface area (Å²) in [7, 11) is 0. The number of rotatable bonds is 4. The second-order valence-electron chi connectivity index (χ2n) is 5.85. The van der Waals surface area contributed by atoms with Gasteiger partial charge >= 0.3 is 0 Å². The SMILES string of the molecule is C[C@H]1CN=C(N2CCN(C(=O)CCCc3cccs3)CC2)S1. The van der Waals surface area contributed by atoms with Crippen LogP contribution in [0.15, 0.2) is 22.5 Å². The number of piperazine rings is 1. The Balaban J connectivity index is 1.38. The monoisotopic (exact) mass is 337 g/mol. The summed E-state index contributed by atoms with van der Waals surface area (Å²) in [6.07, 6.45) is 2.65. The standard InChI is InChI=1S/C16H23N3OS2/c1-13-12-17-16(22-13)19-9-7-18(8-10-19)15(20)6-2-4-14-5-3-11-21-14/h3,5,11,13H,2,4,6-10,12H2,1H3/t13-/m0/s1. The summed E-state index contributed by atoms with van der Waals surface area (Å²) in [5.74, 6) is 0.311. The smallest absolute Gasteiger partial charge is 0.222 e. The van der Waals surface area contributed by atoms with E-state index in [1.54, 1.807) is 11.3 Å². The van der Waals surface area contributed by atoms with Gasteiger partial charge in [0, 0.05) is 42.7 Å². The Morgan fingerprint density at radius 2 is 2.18 bits per heavy atom. The lowest BCUT2D eigenvalue weighted by molar-refractivity contribution is -0.132. The lowest BCUT2D eigenvalue weighted by atomic mass is 10.2. The normalized spacial score (nSPS) is 22.0. The van der Waals surface area contributed by atoms with Crippen molar-refractivity contribution in [2.75, 3.05) is 32.7 Å². The minimum atomic E-state index is 0.311. The Bertz CT molecular complexity index is 522. The predicted molar refractivity (Wildman–Crippen MR) is 94.8 cm³/mol. The van der Waals surface area contributed by atoms with Crippen LogP contribution in [0.1, 0.15) is 24.6 Å². The Labute approximate surface area is 140 Å². The minimum Gasteiger partial charge on any atom is -0.348 e. The third kappa shape index (κ3) is 4.04. The molecule has 4 nitrogen and oxygen atoms in total. The fourth-order valence-electron chi connectivity index (χ4n) is 2.81. The number of thiophene rings is 1. The lowest BCUT2D eigenvalue weighted by Gasteiger charge is -2.35. The van der Waals surface area contributed by atoms with E-state index in [4.69, 9.17) is 0 Å². The molecule has 1 amide bonds. The van der Waals surface area contributed by atoms with E-state index in [0.717, 1.165) is 45.6 Å². The molecule has 0 bridgehead atoms. The molecule has 1 atom stereocenters. The van der Waals surface area contributed by atoms with Gasteiger partial charge in [-0.05, 0) is 24.3 Å². The van der Waals surface area contributed by atoms with Gasteiger partial charge in [-0.25, -0.2) is 0 Å². The van der Waals surface area contributed by atoms with Crippen LogP contribution in [0, 0.1) is 0 Å². The molecule has 0 aliphatic carbocycles. The second-order valence-corrected chi connectivity index (χ2v) is 8.29. The van der Waals surface area contributed by atoms with Gasteiger partial charge in [-0.1, -0.05) is 24.8 Å². The zero-order chi connectivity index (χ0) is 15.4. The number of carbonyl (C=O) groups is 1. The molecule has 1 aromatic rings. The molecule has 1 fully saturated rings. The Hall–Kier alpha value is -1.01. The molecule has 1 saturated heterocycles. The number of hydrogen-bond donors (Lipinski definition) is 0. The van der Waals surface area contributed by atoms with E-state index < -0.39 is 0 Å². The highest BCUT2D eigenvalue weighted by Gasteiger charge is 2.26. The molecule has 2 aliphatic rings. The number of aliphatic imine (C=N–C) groups is 1. The topological polar surface area (TPSA) is 35.9 Å². The second kappa shape index (κ2) is 7.51. The largest absolute Gasteiger partial charge is 0.348 e. The first-order chi connectivity index (χ1) is 10.7. The van der Waals surface area contributed by atoms with Gasteiger partial charge in [0.15, 0.2) is 5.17 Å². The highest BCUT2D eigenvalue weighted by Crippen LogP contribution is 2.23. The molecular weight excluding hydrogens is 314 g/mol. The van der Waals surface area contributed by atoms with Crippen molar-refractivity contribution in [2.45, 2.75) is 31.4 Å². The lowest BCUT2D eigenvalue weighted by Crippen LogP contribution is -2.49. The number of hydrogen-bond acceptors (Lipinski definition) is 5. The summed E-state index contributed by atoms with van der Waals surface area (Å²) >= 11 is 3.65. The first-order valence-electron chi connectivity index (χ1n) is 7.98. The zero-order valence-corrected chi connectivity index (χ0v) is 14.7. The highest BCUT2D eigenvalue weighted by molar-refractivity contribution is 8.14. The van der Waals surface area contributed by atoms with E-state index in [-0.39, 0.29) is 0 Å². The van der Waals surface area contributed by atoms with E-state index in [1.165, 1.54) is 10.0 Å². The Kier molecular flexibility index (Phi) is 5.41. The van der Waals surface area contributed by atoms with Crippen LogP contribution in [0.2, 0.25) is 0 Å². The van der Waals surface area contributed by atoms with Crippen LogP contribution < -0.4 is 0 Å². The van der Waals surface area contributed by atoms with Crippen molar-refractivity contribution < 1.29 is 4.79 Å². The van der Waals surface area contributed by atoms with Gasteiger partial charge in [-0.2, -0.15) is 0 Å². The molecule has 3 heterocycles. The van der Waals surface area contributed by atoms with Crippen LogP contribution in [0.4, 0.5) is 0 Å². The molecular formula is C16H23N3OS2. The van der Waals surface area contributed by atoms with Crippen LogP contribution in [0.25, 0.3) is 0 Å². The fourth-order valence-corrected chi connectivity index (χ4v) is 4.55. The fraction of sp³-hybridized carbons (Fsp3) is 0.625. The van der Waals surface area contributed by atoms with Gasteiger partial charge in [0.2, 0.25) is 5.91 Å². The summed E-state index contributed by atoms with van der Waals surface area (Å²) < 4.78 is 0. The van der Waals surface area contributed by atoms with Crippen molar-refractivity contribution in [1.82, 2.24) is 9.80 Å². The van der Waals surface area contributed by atoms with E-state index >= 15 is 0 Å². The van der Waals surface area contributed by atoms with E-state index in [2.05, 4.69) is 34.3 Å². The third-order valence-electron chi connectivity index (χ3n) is 4.09. The first-order valence-corrected chi connectivity index (χ1v) is 9.74. The average molecular weight is 338 g/mol. The maximum Gasteiger partial charge on any atom is 0.222 e. The number of amidine groups is 1. The van der Waals surface area contributed by atoms with Crippen LogP contribution in [-0.2, 0) is 11.2 Å². The maximum atomic E-state index is 12.3. The van der Waals surface area contributed by atoms with Crippen molar-refractivity contribution in [2.24, 2.45) is 4.99 Å². The van der Waals surface area contributed by atoms with Crippen LogP contribution in [-0.4, -0.2) is 58.8 Å². The molecule has 22 heavy (non-hydrogen) atoms. The van der Waals surface area contributed by atoms with Crippen molar-refractivity contribution in [3.8, 4) is 0 Å². The Morgan fingerprint density at radius 3 is 2.82 bits per heavy atom. The number of carbonyl (C=O) groups excluding carboxylic acids is 1. The summed E-state index contributed by atoms with van der Waals surface area (Å²) in [5.41, 5.74) is 0. The van der Waals surface area contributed by atoms with Crippen molar-refractivity contribution in [3.63, 3.8) is 0 Å². The van der Waals surface area contributed by atoms with Gasteiger partial charge < -0.3 is 9.80 Å². The summed E-state index contributed by atoms with van der Waals surface area (Å²) in [5, 5.41) is 3.88. The minimum absolute atomic E-state index is 0.311. The third-order valence-corrected chi connectivity index (χ3v) is 6.17. The molecule has 2 aliphatic heterocycles. The van der Waals surface area contributed by atoms with Gasteiger partial charge in [0.1, 0.15) is 0 Å². The molecule has 1 aromatic heterocycles. The highest BCUT2D eigenvalue weighted by atomic mass is 32.2. The first kappa shape index (κ1) is 15.9. The number of aryl methyl sites for hydroxylation is 1. The molecule has 0 saturated carbocycles. The molecule has 120 valence electrons. The van der Waals surface area contributed by atoms with Crippen molar-refractivity contribution in [3.05, 3.63) is 22.4 Å². The molecule has 0 spiro atoms. The van der Waals surface area contributed by atoms with Crippen molar-refractivity contribution >= 4 is 34.2 Å². The van der Waals surface area contributed by atoms with Crippen molar-refractivity contribution in [1.29, 1.82) is 0 Å². The van der Waals surface area contributed by atoms with Gasteiger partial charge in [-0.3, -0.25) is 9.79 Å². The van der Waals surface area contributed by atoms with Gasteiger partial charge in [-0.15, -0.1) is 11.3 Å². The van der Waals surface area contributed by atoms with Gasteiger partial charge in [0.05, 0.1) is 6.54 Å². The molecule has 3 rings (SSSR count). The van der Waals surface area contributed by atoms with E-state index in [0.29, 0.717) is 17.6 Å². The number of nitrogens with zero attached hydrogens (tertiary/aromatic N) is 3. The molecule has 0 aromatic carbocycles. The average Bonchev–Trinajstić information content (AvgIpc) is 3.19. The predicted octanol–water partition coefficient (Wildman–Crippen LogP) is 2.71. The molecule has 6 heteroatoms. The van der Waals surface area contributed by atoms with E-state index in [1.807, 2.05) is 16.7 Å². The molecule has 0 radical (unpaired) electrons. The maximum absolute atomic E-state index is 12.3. The van der Waals surface area contributed by atoms with Crippen LogP contribution in [0.3, 0.4) is 0 Å². The molecule has 0 N–H and O–H groups in total. The summed E-state index contributed by atoms with van der Waals surface area (Å²) in [4.78, 5) is 22.6. The van der Waals surface area contributed by atoms with Crippen LogP contribution >= 0.6 is 23.1 Å². The Morgan fingerprint density at radius 1 is 1.36 bits per heavy atom. The van der Waals surface area contributed by atoms with Crippen LogP contribution in [0.5, 0.6) is 0 Å². The van der Waals surface area contributed by atoms with E-state index in [9.17, 15) is 4.79 Å². The quantitative estimate of drug-likeness (QED) is 0.847. The summed E-state index contributed by atoms with van der Waals surface area (Å²) in [6.45, 7) is 6.68. The number of amides is 1. The zero-order valence-electron chi connectivity index (χ0n) is 13.0. The molecule has 0 unspecified atom stereocenters. The number of thioether (sulfide) groups is 1. The van der Waals surface area contributed by atoms with Gasteiger partial charge in [0.25, 0.3) is 0 Å². The summed E-state index contributed by atoms with van der Waals surface area (Å²) in [6, 6.07) is 4.22.